The number of carbonyl (C=O) groups excluding carboxylic acids is 2. The Bertz CT molecular complexity index is 611. The van der Waals surface area contributed by atoms with Crippen molar-refractivity contribution in [3.8, 4) is 0 Å². The van der Waals surface area contributed by atoms with Crippen LogP contribution >= 0.6 is 11.8 Å². The number of hydrogen-bond acceptors (Lipinski definition) is 3. The summed E-state index contributed by atoms with van der Waals surface area (Å²) < 4.78 is 13.6. The zero-order chi connectivity index (χ0) is 18.4. The number of carbonyl (C=O) groups is 2. The lowest BCUT2D eigenvalue weighted by molar-refractivity contribution is -0.896. The summed E-state index contributed by atoms with van der Waals surface area (Å²) in [7, 11) is 0. The van der Waals surface area contributed by atoms with Crippen molar-refractivity contribution in [2.45, 2.75) is 31.2 Å². The predicted octanol–water partition coefficient (Wildman–Crippen LogP) is 0.560. The van der Waals surface area contributed by atoms with Gasteiger partial charge in [0.2, 0.25) is 5.91 Å². The number of nitrogens with zero attached hydrogens (tertiary/aromatic N) is 1. The minimum absolute atomic E-state index is 0.0199. The van der Waals surface area contributed by atoms with Gasteiger partial charge in [0.1, 0.15) is 5.82 Å². The highest BCUT2D eigenvalue weighted by molar-refractivity contribution is 8.00. The molecule has 0 bridgehead atoms. The molecular weight excluding hydrogens is 341 g/mol. The predicted molar refractivity (Wildman–Crippen MR) is 97.2 cm³/mol. The molecule has 2 N–H and O–H groups in total. The number of quaternary nitrogens is 1. The lowest BCUT2D eigenvalue weighted by atomic mass is 10.1. The van der Waals surface area contributed by atoms with Crippen LogP contribution < -0.4 is 10.2 Å². The fraction of sp³-hybridized carbons (Fsp3) is 0.556. The molecule has 1 aliphatic rings. The van der Waals surface area contributed by atoms with Crippen molar-refractivity contribution in [2.24, 2.45) is 0 Å². The Hall–Kier alpha value is -1.60. The van der Waals surface area contributed by atoms with Gasteiger partial charge in [0.15, 0.2) is 6.54 Å². The van der Waals surface area contributed by atoms with Gasteiger partial charge in [-0.1, -0.05) is 12.1 Å². The van der Waals surface area contributed by atoms with E-state index in [4.69, 9.17) is 0 Å². The molecule has 1 aromatic carbocycles. The van der Waals surface area contributed by atoms with Gasteiger partial charge in [-0.3, -0.25) is 9.59 Å². The molecule has 5 nitrogen and oxygen atoms in total. The van der Waals surface area contributed by atoms with E-state index in [9.17, 15) is 14.0 Å². The molecule has 1 aromatic rings. The second-order valence-corrected chi connectivity index (χ2v) is 8.34. The Balaban J connectivity index is 1.73. The van der Waals surface area contributed by atoms with E-state index >= 15 is 0 Å². The second-order valence-electron chi connectivity index (χ2n) is 7.32. The van der Waals surface area contributed by atoms with E-state index in [1.807, 2.05) is 20.8 Å². The van der Waals surface area contributed by atoms with Crippen LogP contribution in [0.4, 0.5) is 4.39 Å². The molecule has 0 aliphatic carbocycles. The number of piperazine rings is 1. The highest BCUT2D eigenvalue weighted by Gasteiger charge is 2.26. The molecule has 0 spiro atoms. The standard InChI is InChI=1S/C18H26FN3O2S/c1-18(2,3)20-16(23)12-21-8-10-22(11-9-21)17(24)13-25-15-7-5-4-6-14(15)19/h4-7H,8-13H2,1-3H3,(H,20,23)/p+1. The van der Waals surface area contributed by atoms with Crippen molar-refractivity contribution < 1.29 is 18.9 Å². The quantitative estimate of drug-likeness (QED) is 0.747. The first kappa shape index (κ1) is 19.7. The molecule has 1 fully saturated rings. The van der Waals surface area contributed by atoms with Crippen molar-refractivity contribution >= 4 is 23.6 Å². The number of amides is 2. The number of rotatable bonds is 5. The van der Waals surface area contributed by atoms with Gasteiger partial charge in [-0.15, -0.1) is 11.8 Å². The maximum absolute atomic E-state index is 13.6. The Kier molecular flexibility index (Phi) is 6.84. The average molecular weight is 368 g/mol. The molecule has 2 amide bonds. The van der Waals surface area contributed by atoms with Crippen LogP contribution in [0, 0.1) is 5.82 Å². The third kappa shape index (κ3) is 6.66. The average Bonchev–Trinajstić information content (AvgIpc) is 2.52. The van der Waals surface area contributed by atoms with Gasteiger partial charge in [-0.05, 0) is 32.9 Å². The minimum Gasteiger partial charge on any atom is -0.347 e. The molecule has 0 unspecified atom stereocenters. The molecule has 138 valence electrons. The highest BCUT2D eigenvalue weighted by Crippen LogP contribution is 2.21. The first-order chi connectivity index (χ1) is 11.7. The fourth-order valence-electron chi connectivity index (χ4n) is 2.73. The van der Waals surface area contributed by atoms with Gasteiger partial charge in [0.05, 0.1) is 31.9 Å². The topological polar surface area (TPSA) is 53.9 Å². The molecule has 1 heterocycles. The Morgan fingerprint density at radius 1 is 1.24 bits per heavy atom. The Labute approximate surface area is 152 Å². The van der Waals surface area contributed by atoms with Crippen molar-refractivity contribution in [1.29, 1.82) is 0 Å². The Morgan fingerprint density at radius 3 is 2.48 bits per heavy atom. The number of nitrogens with one attached hydrogen (secondary N) is 2. The molecule has 7 heteroatoms. The zero-order valence-corrected chi connectivity index (χ0v) is 15.9. The highest BCUT2D eigenvalue weighted by atomic mass is 32.2. The van der Waals surface area contributed by atoms with E-state index in [1.165, 1.54) is 22.7 Å². The number of thioether (sulfide) groups is 1. The van der Waals surface area contributed by atoms with Crippen LogP contribution in [0.15, 0.2) is 29.2 Å². The Morgan fingerprint density at radius 2 is 1.88 bits per heavy atom. The molecule has 2 rings (SSSR count). The lowest BCUT2D eigenvalue weighted by Gasteiger charge is -2.32. The maximum atomic E-state index is 13.6. The number of halogens is 1. The zero-order valence-electron chi connectivity index (χ0n) is 15.1. The summed E-state index contributed by atoms with van der Waals surface area (Å²) in [6.45, 7) is 9.10. The van der Waals surface area contributed by atoms with Crippen molar-refractivity contribution in [3.63, 3.8) is 0 Å². The summed E-state index contributed by atoms with van der Waals surface area (Å²) >= 11 is 1.23. The largest absolute Gasteiger partial charge is 0.347 e. The normalized spacial score (nSPS) is 15.9. The van der Waals surface area contributed by atoms with Crippen molar-refractivity contribution in [1.82, 2.24) is 10.2 Å². The summed E-state index contributed by atoms with van der Waals surface area (Å²) in [5.74, 6) is 0.00379. The fourth-order valence-corrected chi connectivity index (χ4v) is 3.57. The maximum Gasteiger partial charge on any atom is 0.275 e. The summed E-state index contributed by atoms with van der Waals surface area (Å²) in [5, 5.41) is 2.97. The minimum atomic E-state index is -0.292. The van der Waals surface area contributed by atoms with Crippen LogP contribution in [0.2, 0.25) is 0 Å². The van der Waals surface area contributed by atoms with Crippen LogP contribution in [0.5, 0.6) is 0 Å². The van der Waals surface area contributed by atoms with E-state index in [0.29, 0.717) is 24.5 Å². The third-order valence-electron chi connectivity index (χ3n) is 3.94. The van der Waals surface area contributed by atoms with Crippen LogP contribution in [-0.2, 0) is 9.59 Å². The summed E-state index contributed by atoms with van der Waals surface area (Å²) in [6, 6.07) is 6.49. The first-order valence-corrected chi connectivity index (χ1v) is 9.53. The van der Waals surface area contributed by atoms with Gasteiger partial charge in [-0.2, -0.15) is 0 Å². The van der Waals surface area contributed by atoms with Crippen LogP contribution in [-0.4, -0.2) is 60.7 Å². The summed E-state index contributed by atoms with van der Waals surface area (Å²) in [4.78, 5) is 27.8. The van der Waals surface area contributed by atoms with Crippen LogP contribution in [0.25, 0.3) is 0 Å². The van der Waals surface area contributed by atoms with E-state index in [1.54, 1.807) is 23.1 Å². The number of benzene rings is 1. The van der Waals surface area contributed by atoms with Crippen LogP contribution in [0.3, 0.4) is 0 Å². The summed E-state index contributed by atoms with van der Waals surface area (Å²) in [5.41, 5.74) is -0.224. The molecule has 0 atom stereocenters. The van der Waals surface area contributed by atoms with E-state index in [2.05, 4.69) is 5.32 Å². The van der Waals surface area contributed by atoms with Gasteiger partial charge >= 0.3 is 0 Å². The van der Waals surface area contributed by atoms with E-state index in [-0.39, 0.29) is 28.9 Å². The monoisotopic (exact) mass is 368 g/mol. The second kappa shape index (κ2) is 8.67. The SMILES string of the molecule is CC(C)(C)NC(=O)C[NH+]1CCN(C(=O)CSc2ccccc2F)CC1. The van der Waals surface area contributed by atoms with E-state index < -0.39 is 0 Å². The molecule has 0 radical (unpaired) electrons. The molecule has 1 saturated heterocycles. The van der Waals surface area contributed by atoms with Gasteiger partial charge in [0, 0.05) is 10.4 Å². The molecule has 25 heavy (non-hydrogen) atoms. The first-order valence-electron chi connectivity index (χ1n) is 8.54. The molecular formula is C18H27FN3O2S+. The third-order valence-corrected chi connectivity index (χ3v) is 4.97. The molecule has 0 saturated carbocycles. The molecule has 0 aromatic heterocycles. The smallest absolute Gasteiger partial charge is 0.275 e. The van der Waals surface area contributed by atoms with Crippen molar-refractivity contribution in [2.75, 3.05) is 38.5 Å². The number of hydrogen-bond donors (Lipinski definition) is 2. The molecule has 1 aliphatic heterocycles. The summed E-state index contributed by atoms with van der Waals surface area (Å²) in [6.07, 6.45) is 0. The van der Waals surface area contributed by atoms with Gasteiger partial charge in [-0.25, -0.2) is 4.39 Å². The van der Waals surface area contributed by atoms with Gasteiger partial charge < -0.3 is 15.1 Å². The van der Waals surface area contributed by atoms with Crippen LogP contribution in [0.1, 0.15) is 20.8 Å². The van der Waals surface area contributed by atoms with Gasteiger partial charge in [0.25, 0.3) is 5.91 Å². The van der Waals surface area contributed by atoms with E-state index in [0.717, 1.165) is 13.1 Å². The van der Waals surface area contributed by atoms with Crippen molar-refractivity contribution in [3.05, 3.63) is 30.1 Å². The lowest BCUT2D eigenvalue weighted by Crippen LogP contribution is -3.16.